The molecule has 0 aliphatic rings. The zero-order valence-electron chi connectivity index (χ0n) is 20.2. The van der Waals surface area contributed by atoms with Gasteiger partial charge in [0.05, 0.1) is 25.9 Å². The lowest BCUT2D eigenvalue weighted by Crippen LogP contribution is -2.36. The largest absolute Gasteiger partial charge is 0.293 e. The van der Waals surface area contributed by atoms with Crippen molar-refractivity contribution in [1.82, 2.24) is 0 Å². The quantitative estimate of drug-likeness (QED) is 0.113. The lowest BCUT2D eigenvalue weighted by atomic mass is 9.96. The molecule has 0 saturated carbocycles. The molecule has 0 radical (unpaired) electrons. The van der Waals surface area contributed by atoms with Gasteiger partial charge in [0.1, 0.15) is 6.04 Å². The Morgan fingerprint density at radius 2 is 1.23 bits per heavy atom. The van der Waals surface area contributed by atoms with E-state index in [1.54, 1.807) is 24.3 Å². The highest BCUT2D eigenvalue weighted by Crippen LogP contribution is 2.37. The van der Waals surface area contributed by atoms with Gasteiger partial charge in [-0.2, -0.15) is 0 Å². The molecule has 39 heavy (non-hydrogen) atoms. The number of ketones is 1. The summed E-state index contributed by atoms with van der Waals surface area (Å²) in [6.45, 7) is 0. The molecule has 0 aromatic heterocycles. The Hall–Kier alpha value is -5.03. The summed E-state index contributed by atoms with van der Waals surface area (Å²) in [6, 6.07) is 24.3. The molecule has 0 bridgehead atoms. The van der Waals surface area contributed by atoms with Gasteiger partial charge in [-0.05, 0) is 24.3 Å². The zero-order chi connectivity index (χ0) is 28.0. The van der Waals surface area contributed by atoms with E-state index in [2.05, 4.69) is 4.99 Å². The first-order valence-corrected chi connectivity index (χ1v) is 13.1. The number of nitrogens with zero attached hydrogens (tertiary/aromatic N) is 3. The molecule has 11 heteroatoms. The third-order valence-corrected chi connectivity index (χ3v) is 8.04. The Kier molecular flexibility index (Phi) is 8.01. The van der Waals surface area contributed by atoms with Crippen molar-refractivity contribution < 1.29 is 23.1 Å². The highest BCUT2D eigenvalue weighted by molar-refractivity contribution is 7.93. The summed E-state index contributed by atoms with van der Waals surface area (Å²) in [5.41, 5.74) is -0.789. The first-order valence-electron chi connectivity index (χ1n) is 11.6. The first kappa shape index (κ1) is 27.0. The molecule has 196 valence electrons. The smallest absolute Gasteiger partial charge is 0.278 e. The summed E-state index contributed by atoms with van der Waals surface area (Å²) in [7, 11) is -4.49. The molecule has 2 unspecified atom stereocenters. The van der Waals surface area contributed by atoms with Crippen molar-refractivity contribution in [3.63, 3.8) is 0 Å². The molecule has 4 aromatic rings. The molecule has 0 aliphatic heterocycles. The van der Waals surface area contributed by atoms with Crippen LogP contribution in [0, 0.1) is 20.2 Å². The van der Waals surface area contributed by atoms with E-state index in [0.29, 0.717) is 0 Å². The van der Waals surface area contributed by atoms with Gasteiger partial charge in [-0.15, -0.1) is 0 Å². The maximum Gasteiger partial charge on any atom is 0.278 e. The molecule has 0 fully saturated rings. The van der Waals surface area contributed by atoms with Gasteiger partial charge < -0.3 is 0 Å². The van der Waals surface area contributed by atoms with Crippen LogP contribution >= 0.6 is 0 Å². The van der Waals surface area contributed by atoms with Crippen LogP contribution in [0.3, 0.4) is 0 Å². The van der Waals surface area contributed by atoms with E-state index in [4.69, 9.17) is 0 Å². The SMILES string of the molecule is O=C(c1ccccc1)C(C(N=Cc1ccccc1[N+](=O)[O-])c1ccccc1[N+](=O)[O-])S(=O)(=O)c1ccccc1. The summed E-state index contributed by atoms with van der Waals surface area (Å²) < 4.78 is 28.1. The van der Waals surface area contributed by atoms with Crippen LogP contribution in [0.15, 0.2) is 119 Å². The van der Waals surface area contributed by atoms with E-state index in [9.17, 15) is 33.4 Å². The second-order valence-electron chi connectivity index (χ2n) is 8.36. The monoisotopic (exact) mass is 543 g/mol. The number of rotatable bonds is 10. The van der Waals surface area contributed by atoms with Crippen LogP contribution in [-0.2, 0) is 9.84 Å². The molecule has 10 nitrogen and oxygen atoms in total. The minimum absolute atomic E-state index is 0.0362. The number of nitro benzene ring substituents is 2. The number of hydrogen-bond donors (Lipinski definition) is 0. The predicted octanol–water partition coefficient (Wildman–Crippen LogP) is 5.39. The van der Waals surface area contributed by atoms with Crippen molar-refractivity contribution in [1.29, 1.82) is 0 Å². The van der Waals surface area contributed by atoms with Crippen LogP contribution < -0.4 is 0 Å². The summed E-state index contributed by atoms with van der Waals surface area (Å²) in [4.78, 5) is 40.3. The Labute approximate surface area is 223 Å². The molecule has 0 N–H and O–H groups in total. The Balaban J connectivity index is 2.01. The number of benzene rings is 4. The van der Waals surface area contributed by atoms with Gasteiger partial charge in [-0.1, -0.05) is 72.8 Å². The number of sulfone groups is 1. The summed E-state index contributed by atoms with van der Waals surface area (Å²) >= 11 is 0. The van der Waals surface area contributed by atoms with Gasteiger partial charge in [0.15, 0.2) is 20.9 Å². The van der Waals surface area contributed by atoms with Crippen molar-refractivity contribution in [2.75, 3.05) is 0 Å². The van der Waals surface area contributed by atoms with Crippen LogP contribution in [0.2, 0.25) is 0 Å². The number of hydrogen-bond acceptors (Lipinski definition) is 8. The fourth-order valence-corrected chi connectivity index (χ4v) is 5.93. The minimum atomic E-state index is -4.49. The third kappa shape index (κ3) is 5.78. The van der Waals surface area contributed by atoms with Gasteiger partial charge in [-0.25, -0.2) is 8.42 Å². The maximum absolute atomic E-state index is 14.1. The molecule has 2 atom stereocenters. The average Bonchev–Trinajstić information content (AvgIpc) is 2.95. The molecule has 0 amide bonds. The van der Waals surface area contributed by atoms with Crippen LogP contribution in [0.5, 0.6) is 0 Å². The summed E-state index contributed by atoms with van der Waals surface area (Å²) in [6.07, 6.45) is 1.07. The first-order chi connectivity index (χ1) is 18.7. The highest BCUT2D eigenvalue weighted by atomic mass is 32.2. The predicted molar refractivity (Wildman–Crippen MR) is 145 cm³/mol. The van der Waals surface area contributed by atoms with E-state index in [1.807, 2.05) is 0 Å². The van der Waals surface area contributed by atoms with Gasteiger partial charge in [-0.3, -0.25) is 30.0 Å². The van der Waals surface area contributed by atoms with Gasteiger partial charge in [0.2, 0.25) is 0 Å². The van der Waals surface area contributed by atoms with Crippen LogP contribution in [-0.4, -0.2) is 35.5 Å². The minimum Gasteiger partial charge on any atom is -0.293 e. The third-order valence-electron chi connectivity index (χ3n) is 5.97. The molecular weight excluding hydrogens is 522 g/mol. The molecule has 0 saturated heterocycles. The molecular formula is C28H21N3O7S. The lowest BCUT2D eigenvalue weighted by Gasteiger charge is -2.24. The van der Waals surface area contributed by atoms with Crippen molar-refractivity contribution in [2.45, 2.75) is 16.2 Å². The van der Waals surface area contributed by atoms with Crippen LogP contribution in [0.25, 0.3) is 0 Å². The topological polar surface area (TPSA) is 150 Å². The van der Waals surface area contributed by atoms with Crippen LogP contribution in [0.4, 0.5) is 11.4 Å². The van der Waals surface area contributed by atoms with Crippen molar-refractivity contribution in [3.8, 4) is 0 Å². The second kappa shape index (κ2) is 11.6. The van der Waals surface area contributed by atoms with Crippen molar-refractivity contribution in [3.05, 3.63) is 146 Å². The lowest BCUT2D eigenvalue weighted by molar-refractivity contribution is -0.385. The number of para-hydroxylation sites is 2. The van der Waals surface area contributed by atoms with E-state index < -0.39 is 42.4 Å². The Morgan fingerprint density at radius 3 is 1.85 bits per heavy atom. The maximum atomic E-state index is 14.1. The number of aliphatic imine (C=N–C) groups is 1. The standard InChI is InChI=1S/C28H21N3O7S/c32-27(20-11-3-1-4-12-20)28(39(37,38)22-14-5-2-6-15-22)26(23-16-8-10-18-25(23)31(35)36)29-19-21-13-7-9-17-24(21)30(33)34/h1-19,26,28H. The fraction of sp³-hybridized carbons (Fsp3) is 0.0714. The van der Waals surface area contributed by atoms with E-state index in [1.165, 1.54) is 84.9 Å². The molecule has 0 aliphatic carbocycles. The summed E-state index contributed by atoms with van der Waals surface area (Å²) in [5, 5.41) is 21.6. The zero-order valence-corrected chi connectivity index (χ0v) is 21.0. The average molecular weight is 544 g/mol. The van der Waals surface area contributed by atoms with Crippen LogP contribution in [0.1, 0.15) is 27.5 Å². The normalized spacial score (nSPS) is 13.0. The fourth-order valence-electron chi connectivity index (χ4n) is 4.13. The molecule has 4 aromatic carbocycles. The number of carbonyl (C=O) groups excluding carboxylic acids is 1. The van der Waals surface area contributed by atoms with E-state index in [0.717, 1.165) is 6.21 Å². The molecule has 4 rings (SSSR count). The molecule has 0 spiro atoms. The highest BCUT2D eigenvalue weighted by Gasteiger charge is 2.43. The van der Waals surface area contributed by atoms with Crippen molar-refractivity contribution in [2.24, 2.45) is 4.99 Å². The van der Waals surface area contributed by atoms with E-state index in [-0.39, 0.29) is 27.3 Å². The Morgan fingerprint density at radius 1 is 0.718 bits per heavy atom. The Bertz CT molecular complexity index is 1660. The number of Topliss-reactive ketones (excluding diaryl/α,β-unsaturated/α-hetero) is 1. The second-order valence-corrected chi connectivity index (χ2v) is 10.4. The number of carbonyl (C=O) groups is 1. The van der Waals surface area contributed by atoms with Crippen molar-refractivity contribution >= 4 is 33.2 Å². The van der Waals surface area contributed by atoms with Gasteiger partial charge >= 0.3 is 0 Å². The number of nitro groups is 2. The molecule has 0 heterocycles. The summed E-state index contributed by atoms with van der Waals surface area (Å²) in [5.74, 6) is -0.831. The van der Waals surface area contributed by atoms with E-state index >= 15 is 0 Å². The van der Waals surface area contributed by atoms with Gasteiger partial charge in [0, 0.05) is 23.9 Å². The van der Waals surface area contributed by atoms with Gasteiger partial charge in [0.25, 0.3) is 11.4 Å².